The van der Waals surface area contributed by atoms with Crippen LogP contribution in [0.1, 0.15) is 15.2 Å². The summed E-state index contributed by atoms with van der Waals surface area (Å²) in [6.07, 6.45) is 0. The van der Waals surface area contributed by atoms with Crippen LogP contribution in [0.15, 0.2) is 35.7 Å². The maximum Gasteiger partial charge on any atom is 0.341 e. The van der Waals surface area contributed by atoms with Gasteiger partial charge in [0.25, 0.3) is 0 Å². The van der Waals surface area contributed by atoms with Crippen molar-refractivity contribution in [1.82, 2.24) is 0 Å². The molecule has 17 heavy (non-hydrogen) atoms. The number of rotatable bonds is 4. The van der Waals surface area contributed by atoms with Crippen molar-refractivity contribution >= 4 is 28.9 Å². The molecule has 0 atom stereocenters. The van der Waals surface area contributed by atoms with Crippen LogP contribution in [0.2, 0.25) is 5.02 Å². The van der Waals surface area contributed by atoms with Gasteiger partial charge in [0, 0.05) is 4.88 Å². The summed E-state index contributed by atoms with van der Waals surface area (Å²) in [6.45, 7) is 0.346. The Morgan fingerprint density at radius 2 is 2.18 bits per heavy atom. The average molecular weight is 269 g/mol. The lowest BCUT2D eigenvalue weighted by atomic mass is 10.2. The van der Waals surface area contributed by atoms with Crippen LogP contribution in [-0.4, -0.2) is 11.1 Å². The first kappa shape index (κ1) is 12.0. The van der Waals surface area contributed by atoms with Gasteiger partial charge in [-0.3, -0.25) is 0 Å². The summed E-state index contributed by atoms with van der Waals surface area (Å²) in [6, 6.07) is 8.64. The minimum atomic E-state index is -1.09. The predicted octanol–water partition coefficient (Wildman–Crippen LogP) is 3.68. The number of aromatic carboxylic acids is 1. The van der Waals surface area contributed by atoms with E-state index in [9.17, 15) is 4.79 Å². The van der Waals surface area contributed by atoms with Gasteiger partial charge < -0.3 is 9.84 Å². The lowest BCUT2D eigenvalue weighted by Gasteiger charge is -2.09. The van der Waals surface area contributed by atoms with Gasteiger partial charge in [0.1, 0.15) is 17.9 Å². The molecular formula is C12H9ClO3S. The van der Waals surface area contributed by atoms with Gasteiger partial charge in [-0.25, -0.2) is 4.79 Å². The van der Waals surface area contributed by atoms with Gasteiger partial charge in [0.15, 0.2) is 0 Å². The molecule has 0 spiro atoms. The van der Waals surface area contributed by atoms with Crippen molar-refractivity contribution in [2.45, 2.75) is 6.61 Å². The topological polar surface area (TPSA) is 46.5 Å². The number of carbonyl (C=O) groups is 1. The van der Waals surface area contributed by atoms with Crippen LogP contribution in [0.25, 0.3) is 0 Å². The first-order valence-corrected chi connectivity index (χ1v) is 6.11. The zero-order valence-electron chi connectivity index (χ0n) is 8.72. The van der Waals surface area contributed by atoms with Gasteiger partial charge in [-0.1, -0.05) is 23.7 Å². The third-order valence-electron chi connectivity index (χ3n) is 2.14. The van der Waals surface area contributed by atoms with E-state index in [4.69, 9.17) is 21.4 Å². The van der Waals surface area contributed by atoms with E-state index >= 15 is 0 Å². The maximum atomic E-state index is 11.0. The Balaban J connectivity index is 2.21. The second-order valence-electron chi connectivity index (χ2n) is 3.29. The number of carboxylic acids is 1. The first-order valence-electron chi connectivity index (χ1n) is 4.85. The molecule has 0 saturated carbocycles. The Hall–Kier alpha value is -1.52. The van der Waals surface area contributed by atoms with E-state index < -0.39 is 5.97 Å². The van der Waals surface area contributed by atoms with Gasteiger partial charge in [-0.2, -0.15) is 0 Å². The standard InChI is InChI=1S/C12H9ClO3S/c13-9-4-1-5-10(11(9)12(14)15)16-7-8-3-2-6-17-8/h1-6H,7H2,(H,14,15). The van der Waals surface area contributed by atoms with Crippen LogP contribution in [0.3, 0.4) is 0 Å². The zero-order chi connectivity index (χ0) is 12.3. The fourth-order valence-electron chi connectivity index (χ4n) is 1.38. The van der Waals surface area contributed by atoms with Gasteiger partial charge in [-0.05, 0) is 23.6 Å². The van der Waals surface area contributed by atoms with Crippen LogP contribution in [-0.2, 0) is 6.61 Å². The van der Waals surface area contributed by atoms with Crippen molar-refractivity contribution in [2.75, 3.05) is 0 Å². The van der Waals surface area contributed by atoms with Crippen molar-refractivity contribution in [2.24, 2.45) is 0 Å². The Morgan fingerprint density at radius 1 is 1.35 bits per heavy atom. The van der Waals surface area contributed by atoms with Gasteiger partial charge >= 0.3 is 5.97 Å². The van der Waals surface area contributed by atoms with E-state index in [2.05, 4.69) is 0 Å². The summed E-state index contributed by atoms with van der Waals surface area (Å²) in [5.41, 5.74) is 0.00530. The van der Waals surface area contributed by atoms with Gasteiger partial charge in [0.2, 0.25) is 0 Å². The number of hydrogen-bond donors (Lipinski definition) is 1. The predicted molar refractivity (Wildman–Crippen MR) is 67.1 cm³/mol. The molecule has 1 N–H and O–H groups in total. The monoisotopic (exact) mass is 268 g/mol. The van der Waals surface area contributed by atoms with E-state index in [0.29, 0.717) is 12.4 Å². The highest BCUT2D eigenvalue weighted by molar-refractivity contribution is 7.09. The molecule has 2 rings (SSSR count). The van der Waals surface area contributed by atoms with E-state index in [1.54, 1.807) is 23.5 Å². The molecular weight excluding hydrogens is 260 g/mol. The molecule has 0 amide bonds. The van der Waals surface area contributed by atoms with Crippen molar-refractivity contribution in [3.63, 3.8) is 0 Å². The zero-order valence-corrected chi connectivity index (χ0v) is 10.3. The van der Waals surface area contributed by atoms with Crippen molar-refractivity contribution < 1.29 is 14.6 Å². The summed E-state index contributed by atoms with van der Waals surface area (Å²) in [5, 5.41) is 11.2. The van der Waals surface area contributed by atoms with Gasteiger partial charge in [0.05, 0.1) is 5.02 Å². The van der Waals surface area contributed by atoms with Crippen LogP contribution < -0.4 is 4.74 Å². The lowest BCUT2D eigenvalue weighted by Crippen LogP contribution is -2.03. The Bertz CT molecular complexity index is 523. The van der Waals surface area contributed by atoms with E-state index in [1.807, 2.05) is 17.5 Å². The van der Waals surface area contributed by atoms with E-state index in [0.717, 1.165) is 4.88 Å². The molecule has 0 aliphatic rings. The van der Waals surface area contributed by atoms with Crippen molar-refractivity contribution in [3.05, 3.63) is 51.2 Å². The van der Waals surface area contributed by atoms with Crippen LogP contribution in [0.4, 0.5) is 0 Å². The van der Waals surface area contributed by atoms with Crippen molar-refractivity contribution in [3.8, 4) is 5.75 Å². The average Bonchev–Trinajstić information content (AvgIpc) is 2.78. The summed E-state index contributed by atoms with van der Waals surface area (Å²) in [7, 11) is 0. The molecule has 88 valence electrons. The van der Waals surface area contributed by atoms with Gasteiger partial charge in [-0.15, -0.1) is 11.3 Å². The maximum absolute atomic E-state index is 11.0. The normalized spacial score (nSPS) is 10.2. The third-order valence-corrected chi connectivity index (χ3v) is 3.30. The number of ether oxygens (including phenoxy) is 1. The number of carboxylic acid groups (broad SMARTS) is 1. The molecule has 0 saturated heterocycles. The minimum Gasteiger partial charge on any atom is -0.487 e. The molecule has 1 aromatic carbocycles. The fourth-order valence-corrected chi connectivity index (χ4v) is 2.24. The first-order chi connectivity index (χ1) is 8.18. The molecule has 0 unspecified atom stereocenters. The SMILES string of the molecule is O=C(O)c1c(Cl)cccc1OCc1cccs1. The third kappa shape index (κ3) is 2.78. The molecule has 1 heterocycles. The summed E-state index contributed by atoms with van der Waals surface area (Å²) < 4.78 is 5.47. The largest absolute Gasteiger partial charge is 0.487 e. The van der Waals surface area contributed by atoms with Crippen LogP contribution in [0.5, 0.6) is 5.75 Å². The quantitative estimate of drug-likeness (QED) is 0.920. The van der Waals surface area contributed by atoms with E-state index in [-0.39, 0.29) is 10.6 Å². The molecule has 0 radical (unpaired) electrons. The molecule has 5 heteroatoms. The number of hydrogen-bond acceptors (Lipinski definition) is 3. The molecule has 0 aliphatic carbocycles. The highest BCUT2D eigenvalue weighted by Gasteiger charge is 2.15. The molecule has 0 aliphatic heterocycles. The van der Waals surface area contributed by atoms with Crippen LogP contribution in [0, 0.1) is 0 Å². The summed E-state index contributed by atoms with van der Waals surface area (Å²) in [5.74, 6) is -0.796. The highest BCUT2D eigenvalue weighted by Crippen LogP contribution is 2.27. The lowest BCUT2D eigenvalue weighted by molar-refractivity contribution is 0.0692. The Labute approximate surface area is 107 Å². The molecule has 2 aromatic rings. The number of halogens is 1. The summed E-state index contributed by atoms with van der Waals surface area (Å²) >= 11 is 7.38. The number of thiophene rings is 1. The minimum absolute atomic E-state index is 0.00530. The van der Waals surface area contributed by atoms with E-state index in [1.165, 1.54) is 6.07 Å². The molecule has 3 nitrogen and oxygen atoms in total. The second-order valence-corrected chi connectivity index (χ2v) is 4.73. The van der Waals surface area contributed by atoms with Crippen LogP contribution >= 0.6 is 22.9 Å². The fraction of sp³-hybridized carbons (Fsp3) is 0.0833. The molecule has 0 bridgehead atoms. The molecule has 1 aromatic heterocycles. The Morgan fingerprint density at radius 3 is 2.82 bits per heavy atom. The summed E-state index contributed by atoms with van der Waals surface area (Å²) in [4.78, 5) is 12.1. The Kier molecular flexibility index (Phi) is 3.66. The van der Waals surface area contributed by atoms with Crippen molar-refractivity contribution in [1.29, 1.82) is 0 Å². The highest BCUT2D eigenvalue weighted by atomic mass is 35.5. The molecule has 0 fully saturated rings. The smallest absolute Gasteiger partial charge is 0.341 e. The second kappa shape index (κ2) is 5.21. The number of benzene rings is 1.